The first-order chi connectivity index (χ1) is 13.2. The number of halogens is 1. The molecular weight excluding hydrogens is 363 g/mol. The highest BCUT2D eigenvalue weighted by Crippen LogP contribution is 2.25. The van der Waals surface area contributed by atoms with E-state index >= 15 is 0 Å². The molecule has 0 aliphatic carbocycles. The molecule has 0 spiro atoms. The van der Waals surface area contributed by atoms with E-state index in [0.29, 0.717) is 30.9 Å². The van der Waals surface area contributed by atoms with Crippen molar-refractivity contribution in [3.8, 4) is 5.75 Å². The number of aromatic nitrogens is 1. The number of carbonyl (C=O) groups excluding carboxylic acids is 1. The highest BCUT2D eigenvalue weighted by atomic mass is 32.2. The molecule has 27 heavy (non-hydrogen) atoms. The lowest BCUT2D eigenvalue weighted by Crippen LogP contribution is -2.25. The molecule has 1 heterocycles. The number of ether oxygens (including phenoxy) is 1. The highest BCUT2D eigenvalue weighted by Gasteiger charge is 2.05. The maximum absolute atomic E-state index is 12.8. The number of hydrogen-bond acceptors (Lipinski definition) is 4. The van der Waals surface area contributed by atoms with Gasteiger partial charge in [0.25, 0.3) is 5.91 Å². The molecule has 0 saturated heterocycles. The predicted octanol–water partition coefficient (Wildman–Crippen LogP) is 4.57. The van der Waals surface area contributed by atoms with Gasteiger partial charge in [0.05, 0.1) is 6.61 Å². The molecule has 3 aromatic rings. The minimum Gasteiger partial charge on any atom is -0.494 e. The maximum Gasteiger partial charge on any atom is 0.251 e. The molecule has 0 radical (unpaired) electrons. The summed E-state index contributed by atoms with van der Waals surface area (Å²) in [7, 11) is 0. The second kappa shape index (κ2) is 9.73. The third kappa shape index (κ3) is 6.11. The van der Waals surface area contributed by atoms with E-state index in [1.165, 1.54) is 12.1 Å². The lowest BCUT2D eigenvalue weighted by molar-refractivity contribution is 0.0951. The lowest BCUT2D eigenvalue weighted by atomic mass is 10.2. The SMILES string of the molecule is O=C(NCCCOc1ccc(F)cc1)c1ccc(Sc2ccccn2)cc1. The molecular formula is C21H19FN2O2S. The van der Waals surface area contributed by atoms with Crippen molar-refractivity contribution >= 4 is 17.7 Å². The average molecular weight is 382 g/mol. The number of nitrogens with one attached hydrogen (secondary N) is 1. The first kappa shape index (κ1) is 18.9. The summed E-state index contributed by atoms with van der Waals surface area (Å²) in [6, 6.07) is 19.1. The lowest BCUT2D eigenvalue weighted by Gasteiger charge is -2.08. The molecule has 3 rings (SSSR count). The average Bonchev–Trinajstić information content (AvgIpc) is 2.70. The van der Waals surface area contributed by atoms with Gasteiger partial charge in [-0.3, -0.25) is 4.79 Å². The molecule has 0 atom stereocenters. The van der Waals surface area contributed by atoms with Crippen LogP contribution in [0.4, 0.5) is 4.39 Å². The summed E-state index contributed by atoms with van der Waals surface area (Å²) in [5.74, 6) is 0.203. The van der Waals surface area contributed by atoms with Crippen LogP contribution in [0.25, 0.3) is 0 Å². The van der Waals surface area contributed by atoms with Crippen molar-refractivity contribution in [3.05, 3.63) is 84.3 Å². The van der Waals surface area contributed by atoms with Gasteiger partial charge in [-0.15, -0.1) is 0 Å². The smallest absolute Gasteiger partial charge is 0.251 e. The van der Waals surface area contributed by atoms with Crippen molar-refractivity contribution in [2.24, 2.45) is 0 Å². The summed E-state index contributed by atoms with van der Waals surface area (Å²) in [5, 5.41) is 3.78. The highest BCUT2D eigenvalue weighted by molar-refractivity contribution is 7.99. The molecule has 0 aliphatic heterocycles. The Bertz CT molecular complexity index is 856. The molecule has 0 unspecified atom stereocenters. The molecule has 0 saturated carbocycles. The van der Waals surface area contributed by atoms with Gasteiger partial charge in [-0.2, -0.15) is 0 Å². The van der Waals surface area contributed by atoms with Crippen molar-refractivity contribution < 1.29 is 13.9 Å². The fourth-order valence-corrected chi connectivity index (χ4v) is 3.07. The van der Waals surface area contributed by atoms with Crippen molar-refractivity contribution in [2.45, 2.75) is 16.3 Å². The monoisotopic (exact) mass is 382 g/mol. The van der Waals surface area contributed by atoms with Gasteiger partial charge in [0.2, 0.25) is 0 Å². The second-order valence-electron chi connectivity index (χ2n) is 5.71. The van der Waals surface area contributed by atoms with E-state index in [4.69, 9.17) is 4.74 Å². The van der Waals surface area contributed by atoms with Gasteiger partial charge in [0.15, 0.2) is 0 Å². The number of pyridine rings is 1. The number of rotatable bonds is 8. The zero-order valence-corrected chi connectivity index (χ0v) is 15.4. The van der Waals surface area contributed by atoms with E-state index in [9.17, 15) is 9.18 Å². The summed E-state index contributed by atoms with van der Waals surface area (Å²) in [4.78, 5) is 17.5. The molecule has 1 aromatic heterocycles. The Kier molecular flexibility index (Phi) is 6.82. The Morgan fingerprint density at radius 2 is 1.81 bits per heavy atom. The summed E-state index contributed by atoms with van der Waals surface area (Å²) in [6.07, 6.45) is 2.42. The molecule has 0 aliphatic rings. The van der Waals surface area contributed by atoms with E-state index < -0.39 is 0 Å². The Morgan fingerprint density at radius 1 is 1.04 bits per heavy atom. The fraction of sp³-hybridized carbons (Fsp3) is 0.143. The zero-order chi connectivity index (χ0) is 18.9. The number of carbonyl (C=O) groups is 1. The summed E-state index contributed by atoms with van der Waals surface area (Å²) in [6.45, 7) is 0.954. The van der Waals surface area contributed by atoms with Gasteiger partial charge < -0.3 is 10.1 Å². The van der Waals surface area contributed by atoms with Gasteiger partial charge in [0, 0.05) is 23.2 Å². The van der Waals surface area contributed by atoms with Gasteiger partial charge in [0.1, 0.15) is 16.6 Å². The van der Waals surface area contributed by atoms with Gasteiger partial charge in [-0.25, -0.2) is 9.37 Å². The number of nitrogens with zero attached hydrogens (tertiary/aromatic N) is 1. The van der Waals surface area contributed by atoms with Crippen molar-refractivity contribution in [2.75, 3.05) is 13.2 Å². The summed E-state index contributed by atoms with van der Waals surface area (Å²) in [5.41, 5.74) is 0.611. The van der Waals surface area contributed by atoms with E-state index in [-0.39, 0.29) is 11.7 Å². The molecule has 4 nitrogen and oxygen atoms in total. The van der Waals surface area contributed by atoms with Gasteiger partial charge in [-0.1, -0.05) is 17.8 Å². The summed E-state index contributed by atoms with van der Waals surface area (Å²) >= 11 is 1.55. The quantitative estimate of drug-likeness (QED) is 0.580. The Labute approximate surface area is 161 Å². The van der Waals surface area contributed by atoms with Crippen LogP contribution in [0.1, 0.15) is 16.8 Å². The molecule has 1 amide bonds. The topological polar surface area (TPSA) is 51.2 Å². The molecule has 0 fully saturated rings. The predicted molar refractivity (Wildman–Crippen MR) is 104 cm³/mol. The van der Waals surface area contributed by atoms with Crippen LogP contribution < -0.4 is 10.1 Å². The van der Waals surface area contributed by atoms with Crippen molar-refractivity contribution in [1.82, 2.24) is 10.3 Å². The number of hydrogen-bond donors (Lipinski definition) is 1. The van der Waals surface area contributed by atoms with Crippen LogP contribution in [0.2, 0.25) is 0 Å². The molecule has 2 aromatic carbocycles. The standard InChI is InChI=1S/C21H19FN2O2S/c22-17-7-9-18(10-8-17)26-15-3-14-24-21(25)16-5-11-19(12-6-16)27-20-4-1-2-13-23-20/h1-2,4-13H,3,14-15H2,(H,24,25). The van der Waals surface area contributed by atoms with Gasteiger partial charge >= 0.3 is 0 Å². The van der Waals surface area contributed by atoms with E-state index in [1.54, 1.807) is 42.2 Å². The Hall–Kier alpha value is -2.86. The molecule has 138 valence electrons. The first-order valence-electron chi connectivity index (χ1n) is 8.56. The fourth-order valence-electron chi connectivity index (χ4n) is 2.30. The minimum atomic E-state index is -0.293. The zero-order valence-electron chi connectivity index (χ0n) is 14.6. The number of amides is 1. The second-order valence-corrected chi connectivity index (χ2v) is 6.80. The maximum atomic E-state index is 12.8. The first-order valence-corrected chi connectivity index (χ1v) is 9.38. The van der Waals surface area contributed by atoms with Gasteiger partial charge in [-0.05, 0) is 67.1 Å². The number of benzene rings is 2. The summed E-state index contributed by atoms with van der Waals surface area (Å²) < 4.78 is 18.3. The van der Waals surface area contributed by atoms with Crippen LogP contribution in [-0.2, 0) is 0 Å². The normalized spacial score (nSPS) is 10.4. The van der Waals surface area contributed by atoms with Crippen LogP contribution in [0, 0.1) is 5.82 Å². The third-order valence-electron chi connectivity index (χ3n) is 3.67. The molecule has 0 bridgehead atoms. The van der Waals surface area contributed by atoms with Crippen LogP contribution in [0.5, 0.6) is 5.75 Å². The Morgan fingerprint density at radius 3 is 2.52 bits per heavy atom. The largest absolute Gasteiger partial charge is 0.494 e. The van der Waals surface area contributed by atoms with Crippen LogP contribution in [0.3, 0.4) is 0 Å². The van der Waals surface area contributed by atoms with E-state index in [2.05, 4.69) is 10.3 Å². The van der Waals surface area contributed by atoms with Crippen LogP contribution in [0.15, 0.2) is 82.8 Å². The van der Waals surface area contributed by atoms with Crippen molar-refractivity contribution in [3.63, 3.8) is 0 Å². The molecule has 1 N–H and O–H groups in total. The van der Waals surface area contributed by atoms with Crippen LogP contribution >= 0.6 is 11.8 Å². The minimum absolute atomic E-state index is 0.119. The third-order valence-corrected chi connectivity index (χ3v) is 4.62. The van der Waals surface area contributed by atoms with E-state index in [1.807, 2.05) is 30.3 Å². The van der Waals surface area contributed by atoms with E-state index in [0.717, 1.165) is 9.92 Å². The Balaban J connectivity index is 1.39. The van der Waals surface area contributed by atoms with Crippen molar-refractivity contribution in [1.29, 1.82) is 0 Å². The van der Waals surface area contributed by atoms with Crippen LogP contribution in [-0.4, -0.2) is 24.0 Å². The molecule has 6 heteroatoms.